The quantitative estimate of drug-likeness (QED) is 0.223. The van der Waals surface area contributed by atoms with Crippen molar-refractivity contribution in [2.24, 2.45) is 0 Å². The Morgan fingerprint density at radius 2 is 1.05 bits per heavy atom. The highest BCUT2D eigenvalue weighted by atomic mass is 35.5. The van der Waals surface area contributed by atoms with Gasteiger partial charge in [-0.25, -0.2) is 9.97 Å². The lowest BCUT2D eigenvalue weighted by molar-refractivity contribution is 0.768. The molecule has 7 rings (SSSR count). The molecule has 5 aromatic carbocycles. The molecule has 0 saturated heterocycles. The van der Waals surface area contributed by atoms with Crippen LogP contribution in [0.5, 0.6) is 0 Å². The second-order valence-corrected chi connectivity index (χ2v) is 9.91. The minimum absolute atomic E-state index is 0.426. The van der Waals surface area contributed by atoms with Crippen LogP contribution in [0.2, 0.25) is 5.15 Å². The number of hydrogen-bond acceptors (Lipinski definition) is 2. The summed E-state index contributed by atoms with van der Waals surface area (Å²) in [4.78, 5) is 9.57. The highest BCUT2D eigenvalue weighted by Crippen LogP contribution is 2.58. The molecule has 0 N–H and O–H groups in total. The zero-order chi connectivity index (χ0) is 25.5. The van der Waals surface area contributed by atoms with Gasteiger partial charge in [0, 0.05) is 17.2 Å². The standard InChI is InChI=1S/C35H23ClN2/c36-32-23-31(37-34(38-32)24-13-4-1-5-14-24)28-20-12-22-30-33(28)27-19-10-11-21-29(27)35(30,25-15-6-2-7-16-25)26-17-8-3-9-18-26/h1-23H. The van der Waals surface area contributed by atoms with Crippen molar-refractivity contribution >= 4 is 11.6 Å². The summed E-state index contributed by atoms with van der Waals surface area (Å²) in [6.07, 6.45) is 0. The Morgan fingerprint density at radius 1 is 0.500 bits per heavy atom. The Kier molecular flexibility index (Phi) is 5.42. The van der Waals surface area contributed by atoms with Crippen LogP contribution in [0, 0.1) is 0 Å². The molecule has 0 saturated carbocycles. The molecule has 1 aromatic heterocycles. The van der Waals surface area contributed by atoms with Crippen molar-refractivity contribution in [3.8, 4) is 33.8 Å². The van der Waals surface area contributed by atoms with E-state index in [1.54, 1.807) is 0 Å². The molecule has 3 heteroatoms. The fraction of sp³-hybridized carbons (Fsp3) is 0.0286. The molecular weight excluding hydrogens is 484 g/mol. The average Bonchev–Trinajstić information content (AvgIpc) is 3.29. The van der Waals surface area contributed by atoms with Gasteiger partial charge in [0.05, 0.1) is 11.1 Å². The molecular formula is C35H23ClN2. The summed E-state index contributed by atoms with van der Waals surface area (Å²) in [6, 6.07) is 48.8. The van der Waals surface area contributed by atoms with Gasteiger partial charge >= 0.3 is 0 Å². The van der Waals surface area contributed by atoms with E-state index in [0.29, 0.717) is 11.0 Å². The van der Waals surface area contributed by atoms with Gasteiger partial charge in [0.1, 0.15) is 5.15 Å². The summed E-state index contributed by atoms with van der Waals surface area (Å²) in [7, 11) is 0. The Balaban J connectivity index is 1.56. The highest BCUT2D eigenvalue weighted by molar-refractivity contribution is 6.29. The summed E-state index contributed by atoms with van der Waals surface area (Å²) in [5.41, 5.74) is 9.72. The van der Waals surface area contributed by atoms with Gasteiger partial charge in [-0.3, -0.25) is 0 Å². The fourth-order valence-electron chi connectivity index (χ4n) is 5.98. The van der Waals surface area contributed by atoms with Crippen molar-refractivity contribution in [3.63, 3.8) is 0 Å². The largest absolute Gasteiger partial charge is 0.228 e. The number of hydrogen-bond donors (Lipinski definition) is 0. The molecule has 0 spiro atoms. The van der Waals surface area contributed by atoms with Crippen LogP contribution in [0.15, 0.2) is 140 Å². The number of fused-ring (bicyclic) bond motifs is 3. The van der Waals surface area contributed by atoms with Crippen LogP contribution < -0.4 is 0 Å². The van der Waals surface area contributed by atoms with Gasteiger partial charge in [0.25, 0.3) is 0 Å². The lowest BCUT2D eigenvalue weighted by Gasteiger charge is -2.33. The Morgan fingerprint density at radius 3 is 1.74 bits per heavy atom. The molecule has 0 amide bonds. The first-order chi connectivity index (χ1) is 18.8. The maximum Gasteiger partial charge on any atom is 0.161 e. The van der Waals surface area contributed by atoms with Crippen molar-refractivity contribution in [2.75, 3.05) is 0 Å². The second-order valence-electron chi connectivity index (χ2n) is 9.52. The van der Waals surface area contributed by atoms with Gasteiger partial charge < -0.3 is 0 Å². The smallest absolute Gasteiger partial charge is 0.161 e. The summed E-state index contributed by atoms with van der Waals surface area (Å²) in [5, 5.41) is 0.426. The summed E-state index contributed by atoms with van der Waals surface area (Å²) in [6.45, 7) is 0. The number of benzene rings is 5. The van der Waals surface area contributed by atoms with Gasteiger partial charge in [-0.1, -0.05) is 145 Å². The minimum Gasteiger partial charge on any atom is -0.228 e. The van der Waals surface area contributed by atoms with Gasteiger partial charge in [0.2, 0.25) is 0 Å². The van der Waals surface area contributed by atoms with E-state index in [4.69, 9.17) is 16.6 Å². The van der Waals surface area contributed by atoms with Crippen LogP contribution in [0.4, 0.5) is 0 Å². The molecule has 0 atom stereocenters. The molecule has 1 heterocycles. The molecule has 0 bridgehead atoms. The second kappa shape index (κ2) is 9.09. The van der Waals surface area contributed by atoms with Crippen molar-refractivity contribution in [3.05, 3.63) is 167 Å². The molecule has 0 radical (unpaired) electrons. The fourth-order valence-corrected chi connectivity index (χ4v) is 6.16. The third-order valence-corrected chi connectivity index (χ3v) is 7.68. The van der Waals surface area contributed by atoms with Crippen LogP contribution in [0.3, 0.4) is 0 Å². The van der Waals surface area contributed by atoms with Crippen molar-refractivity contribution in [1.82, 2.24) is 9.97 Å². The molecule has 1 aliphatic rings. The number of halogens is 1. The predicted octanol–water partition coefficient (Wildman–Crippen LogP) is 8.83. The van der Waals surface area contributed by atoms with Crippen LogP contribution in [0.1, 0.15) is 22.3 Å². The molecule has 180 valence electrons. The van der Waals surface area contributed by atoms with E-state index >= 15 is 0 Å². The van der Waals surface area contributed by atoms with E-state index in [1.807, 2.05) is 36.4 Å². The monoisotopic (exact) mass is 506 g/mol. The summed E-state index contributed by atoms with van der Waals surface area (Å²) in [5.74, 6) is 0.620. The SMILES string of the molecule is Clc1cc(-c2cccc3c2-c2ccccc2C3(c2ccccc2)c2ccccc2)nc(-c2ccccc2)n1. The lowest BCUT2D eigenvalue weighted by atomic mass is 9.67. The van der Waals surface area contributed by atoms with Crippen molar-refractivity contribution < 1.29 is 0 Å². The first-order valence-corrected chi connectivity index (χ1v) is 13.1. The molecule has 38 heavy (non-hydrogen) atoms. The van der Waals surface area contributed by atoms with E-state index < -0.39 is 5.41 Å². The Bertz CT molecular complexity index is 1720. The number of rotatable bonds is 4. The predicted molar refractivity (Wildman–Crippen MR) is 155 cm³/mol. The van der Waals surface area contributed by atoms with Crippen LogP contribution in [-0.2, 0) is 5.41 Å². The summed E-state index contributed by atoms with van der Waals surface area (Å²) < 4.78 is 0. The highest BCUT2D eigenvalue weighted by Gasteiger charge is 2.46. The zero-order valence-corrected chi connectivity index (χ0v) is 21.3. The molecule has 1 aliphatic carbocycles. The van der Waals surface area contributed by atoms with Crippen LogP contribution >= 0.6 is 11.6 Å². The van der Waals surface area contributed by atoms with E-state index in [-0.39, 0.29) is 0 Å². The third kappa shape index (κ3) is 3.42. The van der Waals surface area contributed by atoms with Crippen LogP contribution in [-0.4, -0.2) is 9.97 Å². The van der Waals surface area contributed by atoms with Gasteiger partial charge in [-0.05, 0) is 33.4 Å². The van der Waals surface area contributed by atoms with Gasteiger partial charge in [-0.2, -0.15) is 0 Å². The average molecular weight is 507 g/mol. The minimum atomic E-state index is -0.455. The molecule has 0 fully saturated rings. The third-order valence-electron chi connectivity index (χ3n) is 7.49. The lowest BCUT2D eigenvalue weighted by Crippen LogP contribution is -2.28. The van der Waals surface area contributed by atoms with Gasteiger partial charge in [0.15, 0.2) is 5.82 Å². The van der Waals surface area contributed by atoms with Crippen LogP contribution in [0.25, 0.3) is 33.8 Å². The van der Waals surface area contributed by atoms with E-state index in [1.165, 1.54) is 33.4 Å². The summed E-state index contributed by atoms with van der Waals surface area (Å²) >= 11 is 6.60. The Labute approximate surface area is 227 Å². The first-order valence-electron chi connectivity index (χ1n) is 12.7. The Hall–Kier alpha value is -4.53. The zero-order valence-electron chi connectivity index (χ0n) is 20.6. The molecule has 0 unspecified atom stereocenters. The van der Waals surface area contributed by atoms with E-state index in [2.05, 4.69) is 108 Å². The molecule has 0 aliphatic heterocycles. The normalized spacial score (nSPS) is 13.1. The molecule has 2 nitrogen and oxygen atoms in total. The number of aromatic nitrogens is 2. The van der Waals surface area contributed by atoms with E-state index in [0.717, 1.165) is 16.8 Å². The van der Waals surface area contributed by atoms with Crippen molar-refractivity contribution in [2.45, 2.75) is 5.41 Å². The molecule has 6 aromatic rings. The van der Waals surface area contributed by atoms with E-state index in [9.17, 15) is 0 Å². The maximum absolute atomic E-state index is 6.60. The maximum atomic E-state index is 6.60. The van der Waals surface area contributed by atoms with Gasteiger partial charge in [-0.15, -0.1) is 0 Å². The topological polar surface area (TPSA) is 25.8 Å². The first kappa shape index (κ1) is 22.7. The van der Waals surface area contributed by atoms with Crippen molar-refractivity contribution in [1.29, 1.82) is 0 Å². The number of nitrogens with zero attached hydrogens (tertiary/aromatic N) is 2.